The molecule has 0 radical (unpaired) electrons. The van der Waals surface area contributed by atoms with Crippen LogP contribution >= 0.6 is 15.9 Å². The lowest BCUT2D eigenvalue weighted by atomic mass is 10.2. The fourth-order valence-electron chi connectivity index (χ4n) is 1.91. The number of aromatic nitrogens is 3. The highest BCUT2D eigenvalue weighted by molar-refractivity contribution is 9.10. The molecule has 8 heteroatoms. The second-order valence-corrected chi connectivity index (χ2v) is 5.16. The lowest BCUT2D eigenvalue weighted by molar-refractivity contribution is 0.0592. The van der Waals surface area contributed by atoms with E-state index in [-0.39, 0.29) is 11.5 Å². The van der Waals surface area contributed by atoms with E-state index in [9.17, 15) is 9.18 Å². The van der Waals surface area contributed by atoms with Crippen LogP contribution in [-0.4, -0.2) is 34.6 Å². The zero-order valence-electron chi connectivity index (χ0n) is 11.3. The van der Waals surface area contributed by atoms with Crippen molar-refractivity contribution >= 4 is 21.9 Å². The molecule has 0 aliphatic heterocycles. The predicted octanol–water partition coefficient (Wildman–Crippen LogP) is 1.52. The lowest BCUT2D eigenvalue weighted by Crippen LogP contribution is -2.15. The third-order valence-corrected chi connectivity index (χ3v) is 3.67. The number of carbonyl (C=O) groups is 1. The number of benzene rings is 1. The maximum Gasteiger partial charge on any atom is 0.360 e. The van der Waals surface area contributed by atoms with Crippen LogP contribution in [0.25, 0.3) is 0 Å². The van der Waals surface area contributed by atoms with Gasteiger partial charge >= 0.3 is 5.97 Å². The summed E-state index contributed by atoms with van der Waals surface area (Å²) >= 11 is 3.30. The molecule has 0 aliphatic rings. The van der Waals surface area contributed by atoms with E-state index in [4.69, 9.17) is 5.73 Å². The maximum absolute atomic E-state index is 13.1. The Labute approximate surface area is 129 Å². The molecule has 0 fully saturated rings. The van der Waals surface area contributed by atoms with Gasteiger partial charge in [0.25, 0.3) is 0 Å². The van der Waals surface area contributed by atoms with Crippen LogP contribution < -0.4 is 5.73 Å². The summed E-state index contributed by atoms with van der Waals surface area (Å²) < 4.78 is 20.0. The predicted molar refractivity (Wildman–Crippen MR) is 77.3 cm³/mol. The summed E-state index contributed by atoms with van der Waals surface area (Å²) in [5.74, 6) is -0.885. The van der Waals surface area contributed by atoms with Crippen LogP contribution in [0.2, 0.25) is 0 Å². The summed E-state index contributed by atoms with van der Waals surface area (Å²) in [6.45, 7) is 0.697. The average Bonchev–Trinajstić information content (AvgIpc) is 2.84. The molecule has 0 saturated heterocycles. The van der Waals surface area contributed by atoms with Gasteiger partial charge in [-0.3, -0.25) is 0 Å². The number of nitrogens with two attached hydrogens (primary N) is 1. The summed E-state index contributed by atoms with van der Waals surface area (Å²) in [7, 11) is 1.28. The Morgan fingerprint density at radius 1 is 1.52 bits per heavy atom. The van der Waals surface area contributed by atoms with Crippen molar-refractivity contribution in [2.75, 3.05) is 13.7 Å². The van der Waals surface area contributed by atoms with E-state index >= 15 is 0 Å². The molecule has 0 bridgehead atoms. The number of ether oxygens (including phenoxy) is 1. The van der Waals surface area contributed by atoms with Gasteiger partial charge in [-0.2, -0.15) is 0 Å². The van der Waals surface area contributed by atoms with Crippen molar-refractivity contribution in [1.29, 1.82) is 0 Å². The first-order chi connectivity index (χ1) is 10.1. The van der Waals surface area contributed by atoms with E-state index in [2.05, 4.69) is 31.0 Å². The molecule has 0 aliphatic carbocycles. The van der Waals surface area contributed by atoms with Gasteiger partial charge in [-0.05, 0) is 24.2 Å². The Hall–Kier alpha value is -1.80. The van der Waals surface area contributed by atoms with E-state index in [0.29, 0.717) is 29.7 Å². The van der Waals surface area contributed by atoms with Gasteiger partial charge in [0, 0.05) is 10.9 Å². The molecule has 1 aromatic carbocycles. The van der Waals surface area contributed by atoms with Gasteiger partial charge in [0.1, 0.15) is 5.82 Å². The topological polar surface area (TPSA) is 83.0 Å². The van der Waals surface area contributed by atoms with Crippen LogP contribution in [0.3, 0.4) is 0 Å². The molecule has 1 heterocycles. The van der Waals surface area contributed by atoms with Gasteiger partial charge in [0.05, 0.1) is 19.3 Å². The number of hydrogen-bond acceptors (Lipinski definition) is 5. The Kier molecular flexibility index (Phi) is 5.03. The molecule has 6 nitrogen and oxygen atoms in total. The molecular weight excluding hydrogens is 343 g/mol. The quantitative estimate of drug-likeness (QED) is 0.821. The smallest absolute Gasteiger partial charge is 0.360 e. The van der Waals surface area contributed by atoms with Crippen LogP contribution in [0.5, 0.6) is 0 Å². The maximum atomic E-state index is 13.1. The second kappa shape index (κ2) is 6.77. The average molecular weight is 357 g/mol. The van der Waals surface area contributed by atoms with E-state index in [1.165, 1.54) is 19.2 Å². The molecule has 0 amide bonds. The summed E-state index contributed by atoms with van der Waals surface area (Å²) in [5.41, 5.74) is 7.13. The van der Waals surface area contributed by atoms with Crippen LogP contribution in [-0.2, 0) is 17.7 Å². The monoisotopic (exact) mass is 356 g/mol. The molecule has 1 aromatic heterocycles. The van der Waals surface area contributed by atoms with E-state index < -0.39 is 5.97 Å². The van der Waals surface area contributed by atoms with Gasteiger partial charge in [-0.15, -0.1) is 5.10 Å². The number of rotatable bonds is 5. The molecule has 0 saturated carbocycles. The second-order valence-electron chi connectivity index (χ2n) is 4.31. The highest BCUT2D eigenvalue weighted by Gasteiger charge is 2.20. The SMILES string of the molecule is COC(=O)c1nnn(Cc2ccc(F)cc2Br)c1CCN. The first-order valence-electron chi connectivity index (χ1n) is 6.21. The van der Waals surface area contributed by atoms with E-state index in [0.717, 1.165) is 5.56 Å². The van der Waals surface area contributed by atoms with Crippen molar-refractivity contribution in [2.24, 2.45) is 5.73 Å². The molecule has 2 aromatic rings. The van der Waals surface area contributed by atoms with E-state index in [1.54, 1.807) is 10.7 Å². The summed E-state index contributed by atoms with van der Waals surface area (Å²) in [4.78, 5) is 11.6. The highest BCUT2D eigenvalue weighted by atomic mass is 79.9. The Morgan fingerprint density at radius 2 is 2.29 bits per heavy atom. The van der Waals surface area contributed by atoms with Gasteiger partial charge in [-0.1, -0.05) is 27.2 Å². The number of methoxy groups -OCH3 is 1. The van der Waals surface area contributed by atoms with Crippen molar-refractivity contribution < 1.29 is 13.9 Å². The third-order valence-electron chi connectivity index (χ3n) is 2.93. The third kappa shape index (κ3) is 3.45. The number of hydrogen-bond donors (Lipinski definition) is 1. The van der Waals surface area contributed by atoms with Crippen molar-refractivity contribution in [1.82, 2.24) is 15.0 Å². The fraction of sp³-hybridized carbons (Fsp3) is 0.308. The molecule has 0 atom stereocenters. The summed E-state index contributed by atoms with van der Waals surface area (Å²) in [6, 6.07) is 4.38. The molecule has 0 unspecified atom stereocenters. The van der Waals surface area contributed by atoms with Crippen LogP contribution in [0, 0.1) is 5.82 Å². The Balaban J connectivity index is 2.35. The normalized spacial score (nSPS) is 10.7. The zero-order valence-corrected chi connectivity index (χ0v) is 12.9. The minimum Gasteiger partial charge on any atom is -0.464 e. The zero-order chi connectivity index (χ0) is 15.4. The largest absolute Gasteiger partial charge is 0.464 e. The molecule has 112 valence electrons. The van der Waals surface area contributed by atoms with Gasteiger partial charge in [-0.25, -0.2) is 13.9 Å². The highest BCUT2D eigenvalue weighted by Crippen LogP contribution is 2.20. The minimum atomic E-state index is -0.553. The Bertz CT molecular complexity index is 660. The number of esters is 1. The van der Waals surface area contributed by atoms with Crippen LogP contribution in [0.1, 0.15) is 21.7 Å². The Morgan fingerprint density at radius 3 is 2.90 bits per heavy atom. The first-order valence-corrected chi connectivity index (χ1v) is 7.00. The number of carbonyl (C=O) groups excluding carboxylic acids is 1. The first kappa shape index (κ1) is 15.6. The fourth-order valence-corrected chi connectivity index (χ4v) is 2.39. The van der Waals surface area contributed by atoms with Crippen molar-refractivity contribution in [3.05, 3.63) is 45.4 Å². The molecule has 21 heavy (non-hydrogen) atoms. The lowest BCUT2D eigenvalue weighted by Gasteiger charge is -2.08. The van der Waals surface area contributed by atoms with Crippen molar-refractivity contribution in [2.45, 2.75) is 13.0 Å². The number of halogens is 2. The summed E-state index contributed by atoms with van der Waals surface area (Å²) in [5, 5.41) is 7.80. The van der Waals surface area contributed by atoms with Crippen LogP contribution in [0.4, 0.5) is 4.39 Å². The summed E-state index contributed by atoms with van der Waals surface area (Å²) in [6.07, 6.45) is 0.441. The van der Waals surface area contributed by atoms with Crippen molar-refractivity contribution in [3.8, 4) is 0 Å². The van der Waals surface area contributed by atoms with Gasteiger partial charge in [0.2, 0.25) is 0 Å². The standard InChI is InChI=1S/C13H14BrFN4O2/c1-21-13(20)12-11(4-5-16)19(18-17-12)7-8-2-3-9(15)6-10(8)14/h2-3,6H,4-5,7,16H2,1H3. The minimum absolute atomic E-state index is 0.154. The van der Waals surface area contributed by atoms with Crippen molar-refractivity contribution in [3.63, 3.8) is 0 Å². The molecule has 0 spiro atoms. The van der Waals surface area contributed by atoms with Crippen LogP contribution in [0.15, 0.2) is 22.7 Å². The molecule has 2 N–H and O–H groups in total. The van der Waals surface area contributed by atoms with Gasteiger partial charge < -0.3 is 10.5 Å². The molecule has 2 rings (SSSR count). The number of nitrogens with zero attached hydrogens (tertiary/aromatic N) is 3. The molecular formula is C13H14BrFN4O2. The van der Waals surface area contributed by atoms with E-state index in [1.807, 2.05) is 0 Å². The van der Waals surface area contributed by atoms with Gasteiger partial charge in [0.15, 0.2) is 5.69 Å².